The first-order chi connectivity index (χ1) is 17.1. The van der Waals surface area contributed by atoms with Crippen LogP contribution in [-0.4, -0.2) is 27.7 Å². The number of nitrogens with zero attached hydrogens (tertiary/aromatic N) is 3. The molecule has 3 heterocycles. The summed E-state index contributed by atoms with van der Waals surface area (Å²) < 4.78 is 7.99. The maximum Gasteiger partial charge on any atom is 0.224 e. The lowest BCUT2D eigenvalue weighted by Gasteiger charge is -2.28. The molecule has 8 heteroatoms. The average Bonchev–Trinajstić information content (AvgIpc) is 3.64. The Balaban J connectivity index is 1.54. The molecule has 2 atom stereocenters. The Morgan fingerprint density at radius 3 is 2.77 bits per heavy atom. The summed E-state index contributed by atoms with van der Waals surface area (Å²) >= 11 is 5.86. The van der Waals surface area contributed by atoms with E-state index in [1.807, 2.05) is 49.5 Å². The van der Waals surface area contributed by atoms with Gasteiger partial charge in [-0.3, -0.25) is 9.78 Å². The zero-order chi connectivity index (χ0) is 24.4. The number of aromatic nitrogens is 2. The smallest absolute Gasteiger partial charge is 0.224 e. The molecular formula is C27H31N5O2S. The van der Waals surface area contributed by atoms with Crippen LogP contribution in [0, 0.1) is 0 Å². The molecule has 7 nitrogen and oxygen atoms in total. The second-order valence-corrected chi connectivity index (χ2v) is 9.50. The zero-order valence-corrected chi connectivity index (χ0v) is 20.9. The highest BCUT2D eigenvalue weighted by Crippen LogP contribution is 2.44. The lowest BCUT2D eigenvalue weighted by molar-refractivity contribution is -0.115. The van der Waals surface area contributed by atoms with Gasteiger partial charge < -0.3 is 24.8 Å². The molecule has 1 aliphatic heterocycles. The first kappa shape index (κ1) is 23.4. The molecule has 0 unspecified atom stereocenters. The number of amides is 1. The number of hydrogen-bond acceptors (Lipinski definition) is 4. The standard InChI is InChI=1S/C27H31N5O2S/c1-3-24(33)29-21-12-11-20(16-23(21)34-2)32-26(18-13-15-31(17-18)19-8-4-5-9-19)25(30-27(32)35)22-10-6-7-14-28-22/h6-7,10-17,19,25-26H,3-5,8-9H2,1-2H3,(H,29,33)(H,30,35)/t25-,26+/m1/s1. The second kappa shape index (κ2) is 10.1. The molecule has 1 saturated heterocycles. The summed E-state index contributed by atoms with van der Waals surface area (Å²) in [6, 6.07) is 14.3. The SMILES string of the molecule is CCC(=O)Nc1ccc(N2C(=S)N[C@H](c3ccccn3)[C@@H]2c2ccn(C3CCCC3)c2)cc1OC. The van der Waals surface area contributed by atoms with Gasteiger partial charge in [-0.1, -0.05) is 25.8 Å². The molecule has 0 bridgehead atoms. The van der Waals surface area contributed by atoms with E-state index in [4.69, 9.17) is 17.0 Å². The monoisotopic (exact) mass is 489 g/mol. The lowest BCUT2D eigenvalue weighted by atomic mass is 9.98. The van der Waals surface area contributed by atoms with Crippen LogP contribution in [0.2, 0.25) is 0 Å². The number of rotatable bonds is 7. The number of hydrogen-bond donors (Lipinski definition) is 2. The van der Waals surface area contributed by atoms with Gasteiger partial charge in [0.2, 0.25) is 5.91 Å². The number of anilines is 2. The van der Waals surface area contributed by atoms with Crippen LogP contribution in [0.4, 0.5) is 11.4 Å². The van der Waals surface area contributed by atoms with E-state index in [1.165, 1.54) is 31.2 Å². The van der Waals surface area contributed by atoms with Gasteiger partial charge in [0, 0.05) is 42.8 Å². The van der Waals surface area contributed by atoms with Crippen LogP contribution in [-0.2, 0) is 4.79 Å². The summed E-state index contributed by atoms with van der Waals surface area (Å²) in [4.78, 5) is 18.8. The Morgan fingerprint density at radius 2 is 2.06 bits per heavy atom. The van der Waals surface area contributed by atoms with Crippen molar-refractivity contribution >= 4 is 34.6 Å². The Labute approximate surface area is 211 Å². The van der Waals surface area contributed by atoms with Crippen LogP contribution in [0.25, 0.3) is 0 Å². The first-order valence-electron chi connectivity index (χ1n) is 12.2. The molecular weight excluding hydrogens is 458 g/mol. The van der Waals surface area contributed by atoms with E-state index in [2.05, 4.69) is 43.5 Å². The summed E-state index contributed by atoms with van der Waals surface area (Å²) in [5.74, 6) is 0.534. The largest absolute Gasteiger partial charge is 0.494 e. The van der Waals surface area contributed by atoms with Gasteiger partial charge in [-0.05, 0) is 61.0 Å². The van der Waals surface area contributed by atoms with E-state index in [0.29, 0.717) is 29.0 Å². The van der Waals surface area contributed by atoms with Crippen molar-refractivity contribution in [3.63, 3.8) is 0 Å². The Bertz CT molecular complexity index is 1210. The molecule has 5 rings (SSSR count). The molecule has 182 valence electrons. The molecule has 1 amide bonds. The number of pyridine rings is 1. The fourth-order valence-corrected chi connectivity index (χ4v) is 5.52. The summed E-state index contributed by atoms with van der Waals surface area (Å²) in [5.41, 5.74) is 3.66. The topological polar surface area (TPSA) is 71.4 Å². The number of ether oxygens (including phenoxy) is 1. The van der Waals surface area contributed by atoms with Gasteiger partial charge in [0.25, 0.3) is 0 Å². The van der Waals surface area contributed by atoms with Crippen LogP contribution in [0.1, 0.15) is 68.4 Å². The quantitative estimate of drug-likeness (QED) is 0.425. The minimum atomic E-state index is -0.103. The van der Waals surface area contributed by atoms with Crippen molar-refractivity contribution in [2.75, 3.05) is 17.3 Å². The van der Waals surface area contributed by atoms with Gasteiger partial charge in [0.05, 0.1) is 30.6 Å². The molecule has 3 aromatic rings. The molecule has 35 heavy (non-hydrogen) atoms. The highest BCUT2D eigenvalue weighted by Gasteiger charge is 2.41. The third-order valence-electron chi connectivity index (χ3n) is 6.98. The van der Waals surface area contributed by atoms with Gasteiger partial charge >= 0.3 is 0 Å². The number of carbonyl (C=O) groups excluding carboxylic acids is 1. The molecule has 2 aromatic heterocycles. The summed E-state index contributed by atoms with van der Waals surface area (Å²) in [6.45, 7) is 1.82. The molecule has 1 saturated carbocycles. The van der Waals surface area contributed by atoms with Crippen LogP contribution < -0.4 is 20.3 Å². The second-order valence-electron chi connectivity index (χ2n) is 9.11. The summed E-state index contributed by atoms with van der Waals surface area (Å²) in [6.07, 6.45) is 11.7. The normalized spacial score (nSPS) is 20.2. The maximum absolute atomic E-state index is 12.0. The van der Waals surface area contributed by atoms with Crippen LogP contribution in [0.5, 0.6) is 5.75 Å². The Kier molecular flexibility index (Phi) is 6.72. The summed E-state index contributed by atoms with van der Waals surface area (Å²) in [5, 5.41) is 7.05. The van der Waals surface area contributed by atoms with Crippen molar-refractivity contribution in [3.8, 4) is 5.75 Å². The molecule has 0 radical (unpaired) electrons. The van der Waals surface area contributed by atoms with Gasteiger partial charge in [-0.2, -0.15) is 0 Å². The van der Waals surface area contributed by atoms with Crippen LogP contribution in [0.3, 0.4) is 0 Å². The van der Waals surface area contributed by atoms with Gasteiger partial charge in [0.1, 0.15) is 5.75 Å². The van der Waals surface area contributed by atoms with E-state index in [9.17, 15) is 4.79 Å². The molecule has 2 N–H and O–H groups in total. The fraction of sp³-hybridized carbons (Fsp3) is 0.370. The van der Waals surface area contributed by atoms with Crippen molar-refractivity contribution in [1.29, 1.82) is 0 Å². The maximum atomic E-state index is 12.0. The number of methoxy groups -OCH3 is 1. The van der Waals surface area contributed by atoms with Crippen molar-refractivity contribution < 1.29 is 9.53 Å². The fourth-order valence-electron chi connectivity index (χ4n) is 5.18. The molecule has 2 aliphatic rings. The van der Waals surface area contributed by atoms with Gasteiger partial charge in [-0.25, -0.2) is 0 Å². The molecule has 1 aliphatic carbocycles. The van der Waals surface area contributed by atoms with E-state index >= 15 is 0 Å². The van der Waals surface area contributed by atoms with E-state index in [0.717, 1.165) is 11.4 Å². The van der Waals surface area contributed by atoms with Crippen LogP contribution in [0.15, 0.2) is 61.1 Å². The predicted molar refractivity (Wildman–Crippen MR) is 142 cm³/mol. The van der Waals surface area contributed by atoms with Crippen molar-refractivity contribution in [3.05, 3.63) is 72.3 Å². The zero-order valence-electron chi connectivity index (χ0n) is 20.1. The molecule has 2 fully saturated rings. The Morgan fingerprint density at radius 1 is 1.23 bits per heavy atom. The number of benzene rings is 1. The molecule has 1 aromatic carbocycles. The minimum Gasteiger partial charge on any atom is -0.494 e. The van der Waals surface area contributed by atoms with Gasteiger partial charge in [-0.15, -0.1) is 0 Å². The van der Waals surface area contributed by atoms with Crippen LogP contribution >= 0.6 is 12.2 Å². The highest BCUT2D eigenvalue weighted by atomic mass is 32.1. The van der Waals surface area contributed by atoms with Crippen molar-refractivity contribution in [1.82, 2.24) is 14.9 Å². The molecule has 0 spiro atoms. The minimum absolute atomic E-state index is 0.0595. The predicted octanol–water partition coefficient (Wildman–Crippen LogP) is 5.53. The third-order valence-corrected chi connectivity index (χ3v) is 7.30. The average molecular weight is 490 g/mol. The lowest BCUT2D eigenvalue weighted by Crippen LogP contribution is -2.29. The summed E-state index contributed by atoms with van der Waals surface area (Å²) in [7, 11) is 1.61. The third kappa shape index (κ3) is 4.62. The highest BCUT2D eigenvalue weighted by molar-refractivity contribution is 7.80. The Hall–Kier alpha value is -3.39. The number of nitrogens with one attached hydrogen (secondary N) is 2. The van der Waals surface area contributed by atoms with Crippen molar-refractivity contribution in [2.45, 2.75) is 57.2 Å². The van der Waals surface area contributed by atoms with Gasteiger partial charge in [0.15, 0.2) is 5.11 Å². The van der Waals surface area contributed by atoms with E-state index < -0.39 is 0 Å². The van der Waals surface area contributed by atoms with Crippen molar-refractivity contribution in [2.24, 2.45) is 0 Å². The van der Waals surface area contributed by atoms with E-state index in [1.54, 1.807) is 7.11 Å². The van der Waals surface area contributed by atoms with E-state index in [-0.39, 0.29) is 18.0 Å². The number of thiocarbonyl (C=S) groups is 1. The first-order valence-corrected chi connectivity index (χ1v) is 12.7. The number of carbonyl (C=O) groups is 1.